The fourth-order valence-electron chi connectivity index (χ4n) is 1.66. The first-order valence-corrected chi connectivity index (χ1v) is 5.91. The molecule has 0 aliphatic rings. The van der Waals surface area contributed by atoms with Crippen molar-refractivity contribution in [3.05, 3.63) is 17.5 Å². The van der Waals surface area contributed by atoms with Crippen LogP contribution in [0.3, 0.4) is 0 Å². The van der Waals surface area contributed by atoms with E-state index in [2.05, 4.69) is 23.8 Å². The lowest BCUT2D eigenvalue weighted by Crippen LogP contribution is -2.34. The SMILES string of the molecule is Cc1cc(CO)nc(N(CCCO)C(C)C)n1. The number of nitrogens with zero attached hydrogens (tertiary/aromatic N) is 3. The molecular weight excluding hydrogens is 218 g/mol. The second kappa shape index (κ2) is 6.51. The van der Waals surface area contributed by atoms with E-state index in [0.29, 0.717) is 24.6 Å². The molecule has 0 aromatic carbocycles. The lowest BCUT2D eigenvalue weighted by atomic mass is 10.3. The van der Waals surface area contributed by atoms with Crippen LogP contribution >= 0.6 is 0 Å². The van der Waals surface area contributed by atoms with Crippen molar-refractivity contribution in [2.75, 3.05) is 18.1 Å². The van der Waals surface area contributed by atoms with Crippen molar-refractivity contribution in [3.63, 3.8) is 0 Å². The molecule has 96 valence electrons. The van der Waals surface area contributed by atoms with Crippen LogP contribution in [0, 0.1) is 6.92 Å². The summed E-state index contributed by atoms with van der Waals surface area (Å²) in [4.78, 5) is 10.7. The molecule has 0 aliphatic heterocycles. The molecule has 0 radical (unpaired) electrons. The largest absolute Gasteiger partial charge is 0.396 e. The summed E-state index contributed by atoms with van der Waals surface area (Å²) in [5.74, 6) is 0.623. The van der Waals surface area contributed by atoms with Crippen molar-refractivity contribution < 1.29 is 10.2 Å². The Kier molecular flexibility index (Phi) is 5.31. The Balaban J connectivity index is 2.96. The third-order valence-corrected chi connectivity index (χ3v) is 2.49. The zero-order valence-corrected chi connectivity index (χ0v) is 10.7. The molecule has 1 heterocycles. The molecule has 5 heteroatoms. The molecule has 5 nitrogen and oxygen atoms in total. The quantitative estimate of drug-likeness (QED) is 0.771. The molecule has 0 saturated heterocycles. The molecule has 0 amide bonds. The summed E-state index contributed by atoms with van der Waals surface area (Å²) in [6.07, 6.45) is 0.684. The van der Waals surface area contributed by atoms with Gasteiger partial charge < -0.3 is 15.1 Å². The second-order valence-corrected chi connectivity index (χ2v) is 4.32. The van der Waals surface area contributed by atoms with E-state index in [4.69, 9.17) is 10.2 Å². The van der Waals surface area contributed by atoms with Crippen LogP contribution in [0.4, 0.5) is 5.95 Å². The predicted octanol–water partition coefficient (Wildman–Crippen LogP) is 0.875. The highest BCUT2D eigenvalue weighted by atomic mass is 16.3. The van der Waals surface area contributed by atoms with Crippen LogP contribution in [0.2, 0.25) is 0 Å². The third kappa shape index (κ3) is 3.94. The van der Waals surface area contributed by atoms with E-state index in [9.17, 15) is 0 Å². The zero-order valence-electron chi connectivity index (χ0n) is 10.7. The predicted molar refractivity (Wildman–Crippen MR) is 66.9 cm³/mol. The first-order valence-electron chi connectivity index (χ1n) is 5.91. The van der Waals surface area contributed by atoms with Gasteiger partial charge in [-0.2, -0.15) is 0 Å². The van der Waals surface area contributed by atoms with E-state index in [1.54, 1.807) is 6.07 Å². The average Bonchev–Trinajstić information content (AvgIpc) is 2.28. The van der Waals surface area contributed by atoms with Crippen molar-refractivity contribution in [3.8, 4) is 0 Å². The van der Waals surface area contributed by atoms with Gasteiger partial charge in [0.25, 0.3) is 0 Å². The van der Waals surface area contributed by atoms with Crippen LogP contribution in [0.1, 0.15) is 31.7 Å². The molecule has 1 aromatic heterocycles. The van der Waals surface area contributed by atoms with Crippen LogP contribution in [0.25, 0.3) is 0 Å². The Morgan fingerprint density at radius 2 is 2.00 bits per heavy atom. The Bertz CT molecular complexity index is 356. The maximum Gasteiger partial charge on any atom is 0.226 e. The maximum absolute atomic E-state index is 9.13. The van der Waals surface area contributed by atoms with Gasteiger partial charge in [-0.05, 0) is 33.3 Å². The lowest BCUT2D eigenvalue weighted by molar-refractivity contribution is 0.276. The molecule has 0 atom stereocenters. The van der Waals surface area contributed by atoms with Gasteiger partial charge in [0.05, 0.1) is 12.3 Å². The van der Waals surface area contributed by atoms with Crippen LogP contribution in [-0.4, -0.2) is 39.4 Å². The topological polar surface area (TPSA) is 69.5 Å². The number of hydrogen-bond acceptors (Lipinski definition) is 5. The van der Waals surface area contributed by atoms with Crippen molar-refractivity contribution in [2.45, 2.75) is 39.8 Å². The molecule has 0 bridgehead atoms. The smallest absolute Gasteiger partial charge is 0.226 e. The molecule has 0 fully saturated rings. The minimum atomic E-state index is -0.0811. The van der Waals surface area contributed by atoms with Crippen LogP contribution in [0.5, 0.6) is 0 Å². The molecule has 0 aliphatic carbocycles. The van der Waals surface area contributed by atoms with Gasteiger partial charge in [0.1, 0.15) is 0 Å². The molecule has 1 rings (SSSR count). The van der Waals surface area contributed by atoms with E-state index in [1.807, 2.05) is 11.8 Å². The van der Waals surface area contributed by atoms with Gasteiger partial charge in [-0.3, -0.25) is 0 Å². The number of anilines is 1. The van der Waals surface area contributed by atoms with Crippen molar-refractivity contribution in [1.29, 1.82) is 0 Å². The summed E-state index contributed by atoms with van der Waals surface area (Å²) in [6.45, 7) is 6.78. The van der Waals surface area contributed by atoms with Gasteiger partial charge in [0.2, 0.25) is 5.95 Å². The Morgan fingerprint density at radius 1 is 1.29 bits per heavy atom. The van der Waals surface area contributed by atoms with Gasteiger partial charge in [0, 0.05) is 24.9 Å². The van der Waals surface area contributed by atoms with Gasteiger partial charge in [-0.25, -0.2) is 9.97 Å². The van der Waals surface area contributed by atoms with E-state index in [0.717, 1.165) is 5.69 Å². The van der Waals surface area contributed by atoms with Crippen LogP contribution < -0.4 is 4.90 Å². The van der Waals surface area contributed by atoms with Gasteiger partial charge in [-0.1, -0.05) is 0 Å². The summed E-state index contributed by atoms with van der Waals surface area (Å²) in [6, 6.07) is 2.03. The van der Waals surface area contributed by atoms with Gasteiger partial charge >= 0.3 is 0 Å². The van der Waals surface area contributed by atoms with E-state index >= 15 is 0 Å². The summed E-state index contributed by atoms with van der Waals surface area (Å²) in [7, 11) is 0. The number of aromatic nitrogens is 2. The van der Waals surface area contributed by atoms with Crippen molar-refractivity contribution in [1.82, 2.24) is 9.97 Å². The Morgan fingerprint density at radius 3 is 2.53 bits per heavy atom. The number of hydrogen-bond donors (Lipinski definition) is 2. The summed E-state index contributed by atoms with van der Waals surface area (Å²) < 4.78 is 0. The van der Waals surface area contributed by atoms with E-state index in [-0.39, 0.29) is 19.3 Å². The fourth-order valence-corrected chi connectivity index (χ4v) is 1.66. The Hall–Kier alpha value is -1.20. The molecule has 0 saturated carbocycles. The molecule has 0 spiro atoms. The number of rotatable bonds is 6. The first kappa shape index (κ1) is 13.9. The van der Waals surface area contributed by atoms with Gasteiger partial charge in [-0.15, -0.1) is 0 Å². The highest BCUT2D eigenvalue weighted by Crippen LogP contribution is 2.14. The monoisotopic (exact) mass is 239 g/mol. The summed E-state index contributed by atoms with van der Waals surface area (Å²) in [5, 5.41) is 18.0. The number of aliphatic hydroxyl groups is 2. The van der Waals surface area contributed by atoms with Gasteiger partial charge in [0.15, 0.2) is 0 Å². The highest BCUT2D eigenvalue weighted by molar-refractivity contribution is 5.33. The number of aryl methyl sites for hydroxylation is 1. The van der Waals surface area contributed by atoms with Crippen molar-refractivity contribution in [2.24, 2.45) is 0 Å². The fraction of sp³-hybridized carbons (Fsp3) is 0.667. The standard InChI is InChI=1S/C12H21N3O2/c1-9(2)15(5-4-6-16)12-13-10(3)7-11(8-17)14-12/h7,9,16-17H,4-6,8H2,1-3H3. The molecule has 2 N–H and O–H groups in total. The summed E-state index contributed by atoms with van der Waals surface area (Å²) in [5.41, 5.74) is 1.47. The summed E-state index contributed by atoms with van der Waals surface area (Å²) >= 11 is 0. The molecule has 1 aromatic rings. The maximum atomic E-state index is 9.13. The number of aliphatic hydroxyl groups excluding tert-OH is 2. The van der Waals surface area contributed by atoms with E-state index in [1.165, 1.54) is 0 Å². The van der Waals surface area contributed by atoms with Crippen LogP contribution in [0.15, 0.2) is 6.07 Å². The second-order valence-electron chi connectivity index (χ2n) is 4.32. The first-order chi connectivity index (χ1) is 8.08. The van der Waals surface area contributed by atoms with Crippen molar-refractivity contribution >= 4 is 5.95 Å². The normalized spacial score (nSPS) is 10.9. The lowest BCUT2D eigenvalue weighted by Gasteiger charge is -2.27. The molecule has 0 unspecified atom stereocenters. The minimum Gasteiger partial charge on any atom is -0.396 e. The molecule has 17 heavy (non-hydrogen) atoms. The van der Waals surface area contributed by atoms with Crippen LogP contribution in [-0.2, 0) is 6.61 Å². The zero-order chi connectivity index (χ0) is 12.8. The third-order valence-electron chi connectivity index (χ3n) is 2.49. The molecular formula is C12H21N3O2. The average molecular weight is 239 g/mol. The van der Waals surface area contributed by atoms with E-state index < -0.39 is 0 Å². The Labute approximate surface area is 102 Å². The minimum absolute atomic E-state index is 0.0811. The highest BCUT2D eigenvalue weighted by Gasteiger charge is 2.14.